The summed E-state index contributed by atoms with van der Waals surface area (Å²) in [7, 11) is 0. The van der Waals surface area contributed by atoms with Gasteiger partial charge in [0.2, 0.25) is 5.95 Å². The van der Waals surface area contributed by atoms with Crippen molar-refractivity contribution < 1.29 is 27.2 Å². The Hall–Kier alpha value is -4.28. The first-order valence-corrected chi connectivity index (χ1v) is 10.7. The number of fused-ring (bicyclic) bond motifs is 1. The summed E-state index contributed by atoms with van der Waals surface area (Å²) >= 11 is 0. The van der Waals surface area contributed by atoms with Gasteiger partial charge in [-0.3, -0.25) is 10.1 Å². The number of aromatic nitrogens is 2. The van der Waals surface area contributed by atoms with Gasteiger partial charge in [-0.2, -0.15) is 13.2 Å². The van der Waals surface area contributed by atoms with Crippen LogP contribution < -0.4 is 16.0 Å². The topological polar surface area (TPSA) is 101 Å². The summed E-state index contributed by atoms with van der Waals surface area (Å²) in [6.07, 6.45) is -3.05. The van der Waals surface area contributed by atoms with Crippen LogP contribution in [0.4, 0.5) is 29.6 Å². The molecule has 0 aliphatic carbocycles. The number of benzene rings is 2. The van der Waals surface area contributed by atoms with E-state index in [1.165, 1.54) is 24.5 Å². The number of alkyl halides is 3. The van der Waals surface area contributed by atoms with E-state index < -0.39 is 17.6 Å². The van der Waals surface area contributed by atoms with Crippen LogP contribution >= 0.6 is 0 Å². The summed E-state index contributed by atoms with van der Waals surface area (Å²) in [6, 6.07) is 12.4. The van der Waals surface area contributed by atoms with E-state index in [2.05, 4.69) is 20.9 Å². The lowest BCUT2D eigenvalue weighted by Gasteiger charge is -2.11. The average Bonchev–Trinajstić information content (AvgIpc) is 3.41. The summed E-state index contributed by atoms with van der Waals surface area (Å²) in [5.74, 6) is 0.0873. The van der Waals surface area contributed by atoms with Crippen LogP contribution in [0.1, 0.15) is 35.5 Å². The van der Waals surface area contributed by atoms with Gasteiger partial charge < -0.3 is 19.6 Å². The van der Waals surface area contributed by atoms with Crippen LogP contribution in [0.2, 0.25) is 0 Å². The lowest BCUT2D eigenvalue weighted by atomic mass is 10.2. The number of anilines is 2. The zero-order valence-corrected chi connectivity index (χ0v) is 18.8. The summed E-state index contributed by atoms with van der Waals surface area (Å²) in [5.41, 5.74) is 0.407. The Kier molecular flexibility index (Phi) is 6.50. The molecule has 0 radical (unpaired) electrons. The van der Waals surface area contributed by atoms with Gasteiger partial charge in [-0.05, 0) is 68.4 Å². The summed E-state index contributed by atoms with van der Waals surface area (Å²) < 4.78 is 46.5. The molecule has 2 aromatic carbocycles. The molecule has 11 heteroatoms. The van der Waals surface area contributed by atoms with Crippen LogP contribution in [0.25, 0.3) is 11.0 Å². The third-order valence-corrected chi connectivity index (χ3v) is 5.02. The van der Waals surface area contributed by atoms with Gasteiger partial charge in [-0.1, -0.05) is 0 Å². The first-order valence-electron chi connectivity index (χ1n) is 10.7. The van der Waals surface area contributed by atoms with Gasteiger partial charge >= 0.3 is 12.2 Å². The molecule has 0 spiro atoms. The van der Waals surface area contributed by atoms with Gasteiger partial charge in [0.25, 0.3) is 5.91 Å². The molecule has 4 rings (SSSR count). The third kappa shape index (κ3) is 5.62. The number of urea groups is 1. The highest BCUT2D eigenvalue weighted by Gasteiger charge is 2.31. The Morgan fingerprint density at radius 2 is 1.80 bits per heavy atom. The normalized spacial score (nSPS) is 11.6. The molecular weight excluding hydrogens is 463 g/mol. The standard InChI is InChI=1S/C24H22F3N5O3/c1-14(2)28-23(34)29-17-8-5-15(6-9-17)21(33)31-22-30-19-12-16(24(25,26)27)7-10-20(19)32(22)13-18-4-3-11-35-18/h3-12,14H,13H2,1-2H3,(H2,28,29,34)(H,30,31,33). The second-order valence-corrected chi connectivity index (χ2v) is 8.09. The maximum absolute atomic E-state index is 13.2. The lowest BCUT2D eigenvalue weighted by molar-refractivity contribution is -0.137. The zero-order chi connectivity index (χ0) is 25.2. The molecule has 0 fully saturated rings. The molecule has 0 aliphatic rings. The van der Waals surface area contributed by atoms with Crippen LogP contribution in [0.15, 0.2) is 65.3 Å². The number of nitrogens with zero attached hydrogens (tertiary/aromatic N) is 2. The number of hydrogen-bond donors (Lipinski definition) is 3. The molecule has 3 N–H and O–H groups in total. The molecule has 182 valence electrons. The fraction of sp³-hybridized carbons (Fsp3) is 0.208. The SMILES string of the molecule is CC(C)NC(=O)Nc1ccc(C(=O)Nc2nc3cc(C(F)(F)F)ccc3n2Cc2ccco2)cc1. The highest BCUT2D eigenvalue weighted by Crippen LogP contribution is 2.32. The number of carbonyl (C=O) groups is 2. The fourth-order valence-corrected chi connectivity index (χ4v) is 3.43. The fourth-order valence-electron chi connectivity index (χ4n) is 3.43. The molecule has 2 heterocycles. The smallest absolute Gasteiger partial charge is 0.416 e. The van der Waals surface area contributed by atoms with Crippen LogP contribution in [-0.2, 0) is 12.7 Å². The van der Waals surface area contributed by atoms with Gasteiger partial charge in [0, 0.05) is 17.3 Å². The van der Waals surface area contributed by atoms with Crippen molar-refractivity contribution >= 4 is 34.6 Å². The Balaban J connectivity index is 1.59. The minimum Gasteiger partial charge on any atom is -0.467 e. The lowest BCUT2D eigenvalue weighted by Crippen LogP contribution is -2.34. The van der Waals surface area contributed by atoms with E-state index in [-0.39, 0.29) is 35.6 Å². The van der Waals surface area contributed by atoms with E-state index >= 15 is 0 Å². The monoisotopic (exact) mass is 485 g/mol. The van der Waals surface area contributed by atoms with E-state index in [9.17, 15) is 22.8 Å². The van der Waals surface area contributed by atoms with Crippen LogP contribution in [0.5, 0.6) is 0 Å². The van der Waals surface area contributed by atoms with Crippen molar-refractivity contribution in [3.8, 4) is 0 Å². The molecule has 0 saturated carbocycles. The highest BCUT2D eigenvalue weighted by atomic mass is 19.4. The van der Waals surface area contributed by atoms with E-state index in [0.29, 0.717) is 17.0 Å². The van der Waals surface area contributed by atoms with E-state index in [1.54, 1.807) is 28.8 Å². The van der Waals surface area contributed by atoms with Crippen molar-refractivity contribution in [3.63, 3.8) is 0 Å². The Bertz CT molecular complexity index is 1340. The van der Waals surface area contributed by atoms with Crippen LogP contribution in [-0.4, -0.2) is 27.5 Å². The molecular formula is C24H22F3N5O3. The maximum Gasteiger partial charge on any atom is 0.416 e. The average molecular weight is 485 g/mol. The number of hydrogen-bond acceptors (Lipinski definition) is 4. The number of nitrogens with one attached hydrogen (secondary N) is 3. The predicted octanol–water partition coefficient (Wildman–Crippen LogP) is 5.48. The zero-order valence-electron chi connectivity index (χ0n) is 18.8. The molecule has 0 atom stereocenters. The largest absolute Gasteiger partial charge is 0.467 e. The maximum atomic E-state index is 13.2. The van der Waals surface area contributed by atoms with Crippen LogP contribution in [0.3, 0.4) is 0 Å². The minimum atomic E-state index is -4.52. The van der Waals surface area contributed by atoms with Crippen molar-refractivity contribution in [2.45, 2.75) is 32.6 Å². The Morgan fingerprint density at radius 3 is 2.43 bits per heavy atom. The van der Waals surface area contributed by atoms with Gasteiger partial charge in [0.1, 0.15) is 5.76 Å². The van der Waals surface area contributed by atoms with Gasteiger partial charge in [-0.15, -0.1) is 0 Å². The Labute approximate surface area is 198 Å². The van der Waals surface area contributed by atoms with Crippen molar-refractivity contribution in [3.05, 3.63) is 77.7 Å². The van der Waals surface area contributed by atoms with Gasteiger partial charge in [0.15, 0.2) is 0 Å². The molecule has 3 amide bonds. The number of halogens is 3. The first-order chi connectivity index (χ1) is 16.6. The van der Waals surface area contributed by atoms with Crippen molar-refractivity contribution in [2.75, 3.05) is 10.6 Å². The van der Waals surface area contributed by atoms with E-state index in [1.807, 2.05) is 13.8 Å². The molecule has 35 heavy (non-hydrogen) atoms. The molecule has 4 aromatic rings. The van der Waals surface area contributed by atoms with Crippen molar-refractivity contribution in [1.29, 1.82) is 0 Å². The van der Waals surface area contributed by atoms with E-state index in [0.717, 1.165) is 12.1 Å². The highest BCUT2D eigenvalue weighted by molar-refractivity contribution is 6.04. The predicted molar refractivity (Wildman–Crippen MR) is 124 cm³/mol. The number of imidazole rings is 1. The van der Waals surface area contributed by atoms with E-state index in [4.69, 9.17) is 4.42 Å². The van der Waals surface area contributed by atoms with Gasteiger partial charge in [-0.25, -0.2) is 9.78 Å². The second-order valence-electron chi connectivity index (χ2n) is 8.09. The van der Waals surface area contributed by atoms with Crippen molar-refractivity contribution in [2.24, 2.45) is 0 Å². The number of furan rings is 1. The minimum absolute atomic E-state index is 0.0345. The molecule has 0 unspecified atom stereocenters. The second kappa shape index (κ2) is 9.53. The number of amides is 3. The number of rotatable bonds is 6. The molecule has 8 nitrogen and oxygen atoms in total. The molecule has 0 aliphatic heterocycles. The molecule has 0 bridgehead atoms. The molecule has 0 saturated heterocycles. The third-order valence-electron chi connectivity index (χ3n) is 5.02. The molecule has 2 aromatic heterocycles. The first kappa shape index (κ1) is 23.9. The summed E-state index contributed by atoms with van der Waals surface area (Å²) in [4.78, 5) is 29.0. The van der Waals surface area contributed by atoms with Crippen molar-refractivity contribution in [1.82, 2.24) is 14.9 Å². The van der Waals surface area contributed by atoms with Crippen LogP contribution in [0, 0.1) is 0 Å². The summed E-state index contributed by atoms with van der Waals surface area (Å²) in [6.45, 7) is 3.81. The Morgan fingerprint density at radius 1 is 1.06 bits per heavy atom. The number of carbonyl (C=O) groups excluding carboxylic acids is 2. The van der Waals surface area contributed by atoms with Gasteiger partial charge in [0.05, 0.1) is 29.4 Å². The quantitative estimate of drug-likeness (QED) is 0.337. The summed E-state index contributed by atoms with van der Waals surface area (Å²) in [5, 5.41) is 8.01.